The Hall–Kier alpha value is -3.65. The Labute approximate surface area is 209 Å². The number of nitrogens with one attached hydrogen (secondary N) is 2. The summed E-state index contributed by atoms with van der Waals surface area (Å²) in [6, 6.07) is 16.9. The molecule has 180 valence electrons. The number of methoxy groups -OCH3 is 1. The van der Waals surface area contributed by atoms with Crippen LogP contribution in [-0.4, -0.2) is 23.9 Å². The van der Waals surface area contributed by atoms with Gasteiger partial charge in [-0.15, -0.1) is 0 Å². The predicted molar refractivity (Wildman–Crippen MR) is 137 cm³/mol. The smallest absolute Gasteiger partial charge is 0.236 e. The van der Waals surface area contributed by atoms with Crippen molar-refractivity contribution in [3.63, 3.8) is 0 Å². The van der Waals surface area contributed by atoms with E-state index in [0.29, 0.717) is 22.3 Å². The number of thiocarbonyl (C=S) groups is 1. The highest BCUT2D eigenvalue weighted by Crippen LogP contribution is 2.50. The summed E-state index contributed by atoms with van der Waals surface area (Å²) in [5.74, 6) is -0.0208. The van der Waals surface area contributed by atoms with E-state index in [9.17, 15) is 9.18 Å². The summed E-state index contributed by atoms with van der Waals surface area (Å²) in [7, 11) is 1.59. The maximum Gasteiger partial charge on any atom is 0.236 e. The molecule has 0 unspecified atom stereocenters. The summed E-state index contributed by atoms with van der Waals surface area (Å²) >= 11 is 5.74. The van der Waals surface area contributed by atoms with Crippen LogP contribution in [0.1, 0.15) is 29.7 Å². The van der Waals surface area contributed by atoms with E-state index >= 15 is 0 Å². The van der Waals surface area contributed by atoms with Crippen LogP contribution in [0.5, 0.6) is 11.5 Å². The van der Waals surface area contributed by atoms with Crippen LogP contribution in [0, 0.1) is 25.6 Å². The summed E-state index contributed by atoms with van der Waals surface area (Å²) in [6.45, 7) is 5.81. The van der Waals surface area contributed by atoms with Crippen LogP contribution in [-0.2, 0) is 4.79 Å². The van der Waals surface area contributed by atoms with Gasteiger partial charge in [-0.2, -0.15) is 0 Å². The highest BCUT2D eigenvalue weighted by atomic mass is 32.1. The zero-order valence-corrected chi connectivity index (χ0v) is 20.7. The molecule has 5 rings (SSSR count). The summed E-state index contributed by atoms with van der Waals surface area (Å²) in [6.07, 6.45) is 0. The van der Waals surface area contributed by atoms with E-state index in [4.69, 9.17) is 21.7 Å². The maximum absolute atomic E-state index is 13.9. The van der Waals surface area contributed by atoms with E-state index in [1.54, 1.807) is 24.1 Å². The molecule has 0 spiro atoms. The molecule has 3 aromatic carbocycles. The number of carbonyl (C=O) groups excluding carboxylic acids is 1. The number of amides is 1. The third kappa shape index (κ3) is 3.87. The monoisotopic (exact) mass is 491 g/mol. The average molecular weight is 492 g/mol. The number of nitrogens with zero attached hydrogens (tertiary/aromatic N) is 1. The molecule has 6 nitrogen and oxygen atoms in total. The fraction of sp³-hybridized carbons (Fsp3) is 0.259. The predicted octanol–water partition coefficient (Wildman–Crippen LogP) is 5.25. The molecule has 1 amide bonds. The quantitative estimate of drug-likeness (QED) is 0.486. The van der Waals surface area contributed by atoms with Crippen LogP contribution in [0.4, 0.5) is 15.8 Å². The number of ether oxygens (including phenoxy) is 2. The van der Waals surface area contributed by atoms with E-state index in [2.05, 4.69) is 10.6 Å². The second-order valence-electron chi connectivity index (χ2n) is 9.08. The van der Waals surface area contributed by atoms with Gasteiger partial charge in [-0.3, -0.25) is 9.69 Å². The molecule has 0 aromatic heterocycles. The van der Waals surface area contributed by atoms with Crippen molar-refractivity contribution in [2.45, 2.75) is 32.5 Å². The second kappa shape index (κ2) is 8.53. The van der Waals surface area contributed by atoms with Gasteiger partial charge in [0.05, 0.1) is 13.2 Å². The number of rotatable bonds is 4. The van der Waals surface area contributed by atoms with E-state index in [0.717, 1.165) is 22.4 Å². The van der Waals surface area contributed by atoms with Gasteiger partial charge in [-0.25, -0.2) is 4.39 Å². The normalized spacial score (nSPS) is 22.5. The second-order valence-corrected chi connectivity index (χ2v) is 9.47. The molecule has 35 heavy (non-hydrogen) atoms. The summed E-state index contributed by atoms with van der Waals surface area (Å²) in [5.41, 5.74) is 3.02. The summed E-state index contributed by atoms with van der Waals surface area (Å²) in [4.78, 5) is 15.7. The minimum atomic E-state index is -1.19. The number of hydrogen-bond acceptors (Lipinski definition) is 4. The molecule has 2 aliphatic heterocycles. The Kier molecular flexibility index (Phi) is 5.63. The van der Waals surface area contributed by atoms with E-state index < -0.39 is 17.7 Å². The fourth-order valence-corrected chi connectivity index (χ4v) is 5.45. The highest BCUT2D eigenvalue weighted by Gasteiger charge is 2.59. The largest absolute Gasteiger partial charge is 0.497 e. The molecule has 2 aliphatic rings. The lowest BCUT2D eigenvalue weighted by molar-refractivity contribution is -0.130. The summed E-state index contributed by atoms with van der Waals surface area (Å²) < 4.78 is 25.7. The first-order valence-corrected chi connectivity index (χ1v) is 11.7. The van der Waals surface area contributed by atoms with Crippen LogP contribution in [0.3, 0.4) is 0 Å². The van der Waals surface area contributed by atoms with Crippen LogP contribution >= 0.6 is 12.2 Å². The number of halogens is 1. The van der Waals surface area contributed by atoms with Crippen molar-refractivity contribution >= 4 is 34.6 Å². The van der Waals surface area contributed by atoms with Crippen molar-refractivity contribution in [3.8, 4) is 11.5 Å². The van der Waals surface area contributed by atoms with Gasteiger partial charge >= 0.3 is 0 Å². The van der Waals surface area contributed by atoms with Crippen LogP contribution in [0.2, 0.25) is 0 Å². The number of aryl methyl sites for hydroxylation is 2. The van der Waals surface area contributed by atoms with E-state index in [1.165, 1.54) is 12.1 Å². The molecule has 8 heteroatoms. The molecule has 2 bridgehead atoms. The minimum Gasteiger partial charge on any atom is -0.497 e. The fourth-order valence-electron chi connectivity index (χ4n) is 5.03. The van der Waals surface area contributed by atoms with Gasteiger partial charge in [0, 0.05) is 16.9 Å². The molecule has 0 saturated carbocycles. The van der Waals surface area contributed by atoms with Gasteiger partial charge in [-0.1, -0.05) is 17.7 Å². The molecular weight excluding hydrogens is 465 g/mol. The van der Waals surface area contributed by atoms with Gasteiger partial charge < -0.3 is 20.1 Å². The number of anilines is 2. The van der Waals surface area contributed by atoms with Gasteiger partial charge in [0.25, 0.3) is 0 Å². The molecule has 2 heterocycles. The zero-order valence-electron chi connectivity index (χ0n) is 19.9. The van der Waals surface area contributed by atoms with E-state index in [-0.39, 0.29) is 11.7 Å². The number of benzene rings is 3. The SMILES string of the molecule is COc1ccc2c(c1)[C@@H]1NC(=S)N(c3ccc(F)cc3)[C@](C)(O2)[C@@H]1C(=O)Nc1ccc(C)cc1C. The van der Waals surface area contributed by atoms with Gasteiger partial charge in [0.1, 0.15) is 23.2 Å². The van der Waals surface area contributed by atoms with Crippen molar-refractivity contribution in [2.75, 3.05) is 17.3 Å². The Morgan fingerprint density at radius 1 is 1.14 bits per heavy atom. The lowest BCUT2D eigenvalue weighted by Gasteiger charge is -2.56. The first kappa shape index (κ1) is 23.1. The van der Waals surface area contributed by atoms with Crippen molar-refractivity contribution in [1.29, 1.82) is 0 Å². The topological polar surface area (TPSA) is 62.8 Å². The Bertz CT molecular complexity index is 1330. The maximum atomic E-state index is 13.9. The molecule has 0 aliphatic carbocycles. The van der Waals surface area contributed by atoms with Crippen molar-refractivity contribution in [2.24, 2.45) is 5.92 Å². The zero-order chi connectivity index (χ0) is 24.9. The van der Waals surface area contributed by atoms with Crippen molar-refractivity contribution in [1.82, 2.24) is 5.32 Å². The number of hydrogen-bond donors (Lipinski definition) is 2. The molecule has 0 radical (unpaired) electrons. The van der Waals surface area contributed by atoms with Crippen molar-refractivity contribution in [3.05, 3.63) is 83.2 Å². The van der Waals surface area contributed by atoms with Crippen LogP contribution < -0.4 is 25.0 Å². The van der Waals surface area contributed by atoms with E-state index in [1.807, 2.05) is 57.2 Å². The molecule has 3 aromatic rings. The number of fused-ring (bicyclic) bond motifs is 4. The molecule has 1 fully saturated rings. The van der Waals surface area contributed by atoms with Crippen LogP contribution in [0.15, 0.2) is 60.7 Å². The van der Waals surface area contributed by atoms with Crippen molar-refractivity contribution < 1.29 is 18.7 Å². The lowest BCUT2D eigenvalue weighted by Crippen LogP contribution is -2.72. The third-order valence-corrected chi connectivity index (χ3v) is 7.01. The molecule has 1 saturated heterocycles. The Morgan fingerprint density at radius 3 is 2.57 bits per heavy atom. The Balaban J connectivity index is 1.63. The molecule has 2 N–H and O–H groups in total. The molecular formula is C27H26FN3O3S. The standard InChI is InChI=1S/C27H26FN3O3S/c1-15-5-11-21(16(2)13-15)29-25(32)23-24-20-14-19(33-4)10-12-22(20)34-27(23,3)31(26(35)30-24)18-8-6-17(28)7-9-18/h5-14,23-24H,1-4H3,(H,29,32)(H,30,35)/t23-,24-,27+/m0/s1. The minimum absolute atomic E-state index is 0.222. The first-order valence-electron chi connectivity index (χ1n) is 11.3. The Morgan fingerprint density at radius 2 is 1.89 bits per heavy atom. The van der Waals surface area contributed by atoms with Gasteiger partial charge in [-0.05, 0) is 87.1 Å². The number of carbonyl (C=O) groups is 1. The highest BCUT2D eigenvalue weighted by molar-refractivity contribution is 7.80. The first-order chi connectivity index (χ1) is 16.7. The average Bonchev–Trinajstić information content (AvgIpc) is 2.81. The van der Waals surface area contributed by atoms with Gasteiger partial charge in [0.15, 0.2) is 10.8 Å². The molecule has 3 atom stereocenters. The lowest BCUT2D eigenvalue weighted by atomic mass is 9.78. The van der Waals surface area contributed by atoms with Crippen LogP contribution in [0.25, 0.3) is 0 Å². The van der Waals surface area contributed by atoms with Gasteiger partial charge in [0.2, 0.25) is 5.91 Å². The third-order valence-electron chi connectivity index (χ3n) is 6.71. The summed E-state index contributed by atoms with van der Waals surface area (Å²) in [5, 5.41) is 6.83.